The first-order chi connectivity index (χ1) is 7.66. The van der Waals surface area contributed by atoms with Crippen LogP contribution < -0.4 is 0 Å². The van der Waals surface area contributed by atoms with Gasteiger partial charge in [0.1, 0.15) is 6.10 Å². The highest BCUT2D eigenvalue weighted by atomic mass is 79.9. The summed E-state index contributed by atoms with van der Waals surface area (Å²) in [6.07, 6.45) is -0.558. The molecule has 0 radical (unpaired) electrons. The van der Waals surface area contributed by atoms with Gasteiger partial charge in [-0.15, -0.1) is 0 Å². The van der Waals surface area contributed by atoms with Gasteiger partial charge in [0, 0.05) is 4.47 Å². The zero-order valence-corrected chi connectivity index (χ0v) is 10.6. The van der Waals surface area contributed by atoms with Crippen LogP contribution in [-0.4, -0.2) is 5.11 Å². The van der Waals surface area contributed by atoms with Crippen molar-refractivity contribution in [3.8, 4) is 0 Å². The fourth-order valence-corrected chi connectivity index (χ4v) is 2.13. The van der Waals surface area contributed by atoms with E-state index in [0.717, 1.165) is 21.2 Å². The second-order valence-corrected chi connectivity index (χ2v) is 4.79. The first-order valence-corrected chi connectivity index (χ1v) is 5.96. The predicted octanol–water partition coefficient (Wildman–Crippen LogP) is 3.84. The summed E-state index contributed by atoms with van der Waals surface area (Å²) < 4.78 is 0.983. The molecule has 0 aliphatic heterocycles. The lowest BCUT2D eigenvalue weighted by Gasteiger charge is -2.12. The van der Waals surface area contributed by atoms with E-state index in [2.05, 4.69) is 15.9 Å². The normalized spacial score (nSPS) is 12.4. The Labute approximate surface area is 104 Å². The van der Waals surface area contributed by atoms with Crippen molar-refractivity contribution in [2.75, 3.05) is 0 Å². The number of hydrogen-bond donors (Lipinski definition) is 1. The molecule has 1 nitrogen and oxygen atoms in total. The molecular weight excluding hydrogens is 264 g/mol. The van der Waals surface area contributed by atoms with Crippen molar-refractivity contribution in [1.29, 1.82) is 0 Å². The van der Waals surface area contributed by atoms with Gasteiger partial charge in [0.15, 0.2) is 0 Å². The van der Waals surface area contributed by atoms with E-state index in [9.17, 15) is 5.11 Å². The molecule has 0 saturated carbocycles. The largest absolute Gasteiger partial charge is 0.384 e. The van der Waals surface area contributed by atoms with E-state index in [1.807, 2.05) is 55.5 Å². The van der Waals surface area contributed by atoms with Crippen LogP contribution in [0.5, 0.6) is 0 Å². The third-order valence-corrected chi connectivity index (χ3v) is 3.02. The van der Waals surface area contributed by atoms with Crippen molar-refractivity contribution in [2.24, 2.45) is 0 Å². The average Bonchev–Trinajstić information content (AvgIpc) is 2.28. The highest BCUT2D eigenvalue weighted by Crippen LogP contribution is 2.24. The van der Waals surface area contributed by atoms with E-state index < -0.39 is 6.10 Å². The Morgan fingerprint density at radius 3 is 2.25 bits per heavy atom. The van der Waals surface area contributed by atoms with Crippen molar-refractivity contribution >= 4 is 15.9 Å². The van der Waals surface area contributed by atoms with Crippen LogP contribution in [0.15, 0.2) is 53.0 Å². The van der Waals surface area contributed by atoms with Crippen LogP contribution in [0.4, 0.5) is 0 Å². The molecule has 0 saturated heterocycles. The third-order valence-electron chi connectivity index (χ3n) is 2.52. The maximum Gasteiger partial charge on any atom is 0.104 e. The van der Waals surface area contributed by atoms with Gasteiger partial charge in [-0.2, -0.15) is 0 Å². The van der Waals surface area contributed by atoms with Crippen molar-refractivity contribution in [3.63, 3.8) is 0 Å². The zero-order valence-electron chi connectivity index (χ0n) is 9.02. The molecule has 0 amide bonds. The molecule has 0 aromatic heterocycles. The van der Waals surface area contributed by atoms with Crippen molar-refractivity contribution in [3.05, 3.63) is 69.7 Å². The molecule has 2 heteroatoms. The van der Waals surface area contributed by atoms with Crippen LogP contribution in [-0.2, 0) is 0 Å². The van der Waals surface area contributed by atoms with E-state index in [4.69, 9.17) is 0 Å². The van der Waals surface area contributed by atoms with Gasteiger partial charge >= 0.3 is 0 Å². The van der Waals surface area contributed by atoms with Crippen molar-refractivity contribution in [1.82, 2.24) is 0 Å². The molecular formula is C14H13BrO. The first kappa shape index (κ1) is 11.4. The summed E-state index contributed by atoms with van der Waals surface area (Å²) in [7, 11) is 0. The van der Waals surface area contributed by atoms with Gasteiger partial charge in [-0.05, 0) is 30.2 Å². The molecule has 2 aromatic carbocycles. The summed E-state index contributed by atoms with van der Waals surface area (Å²) in [4.78, 5) is 0. The topological polar surface area (TPSA) is 20.2 Å². The number of aliphatic hydroxyl groups excluding tert-OH is 1. The fraction of sp³-hybridized carbons (Fsp3) is 0.143. The predicted molar refractivity (Wildman–Crippen MR) is 69.4 cm³/mol. The maximum absolute atomic E-state index is 10.2. The quantitative estimate of drug-likeness (QED) is 0.884. The number of aliphatic hydroxyl groups is 1. The van der Waals surface area contributed by atoms with Gasteiger partial charge in [-0.3, -0.25) is 0 Å². The number of aryl methyl sites for hydroxylation is 1. The minimum absolute atomic E-state index is 0.558. The summed E-state index contributed by atoms with van der Waals surface area (Å²) in [5.41, 5.74) is 2.99. The second kappa shape index (κ2) is 4.81. The maximum atomic E-state index is 10.2. The molecule has 1 N–H and O–H groups in total. The lowest BCUT2D eigenvalue weighted by atomic mass is 10.0. The highest BCUT2D eigenvalue weighted by molar-refractivity contribution is 9.10. The number of rotatable bonds is 2. The monoisotopic (exact) mass is 276 g/mol. The molecule has 0 bridgehead atoms. The molecule has 0 spiro atoms. The van der Waals surface area contributed by atoms with Gasteiger partial charge in [-0.25, -0.2) is 0 Å². The Bertz CT molecular complexity index is 448. The Hall–Kier alpha value is -1.12. The van der Waals surface area contributed by atoms with Crippen molar-refractivity contribution < 1.29 is 5.11 Å². The average molecular weight is 277 g/mol. The lowest BCUT2D eigenvalue weighted by molar-refractivity contribution is 0.220. The Kier molecular flexibility index (Phi) is 3.42. The van der Waals surface area contributed by atoms with Gasteiger partial charge < -0.3 is 5.11 Å². The number of benzene rings is 2. The SMILES string of the molecule is Cc1cccc([C@@H](O)c2cccc(Br)c2)c1. The Morgan fingerprint density at radius 2 is 1.62 bits per heavy atom. The zero-order chi connectivity index (χ0) is 11.5. The summed E-state index contributed by atoms with van der Waals surface area (Å²) in [5, 5.41) is 10.2. The fourth-order valence-electron chi connectivity index (χ4n) is 1.71. The summed E-state index contributed by atoms with van der Waals surface area (Å²) >= 11 is 3.41. The van der Waals surface area contributed by atoms with Gasteiger partial charge in [-0.1, -0.05) is 57.9 Å². The van der Waals surface area contributed by atoms with E-state index in [-0.39, 0.29) is 0 Å². The minimum atomic E-state index is -0.558. The first-order valence-electron chi connectivity index (χ1n) is 5.17. The van der Waals surface area contributed by atoms with E-state index in [0.29, 0.717) is 0 Å². The van der Waals surface area contributed by atoms with Crippen LogP contribution in [0.3, 0.4) is 0 Å². The molecule has 0 aliphatic rings. The van der Waals surface area contributed by atoms with Crippen LogP contribution in [0.1, 0.15) is 22.8 Å². The van der Waals surface area contributed by atoms with Crippen LogP contribution >= 0.6 is 15.9 Å². The molecule has 2 aromatic rings. The summed E-state index contributed by atoms with van der Waals surface area (Å²) in [5.74, 6) is 0. The number of hydrogen-bond acceptors (Lipinski definition) is 1. The molecule has 0 unspecified atom stereocenters. The van der Waals surface area contributed by atoms with E-state index in [1.54, 1.807) is 0 Å². The standard InChI is InChI=1S/C14H13BrO/c1-10-4-2-5-11(8-10)14(16)12-6-3-7-13(15)9-12/h2-9,14,16H,1H3/t14-/m1/s1. The van der Waals surface area contributed by atoms with Crippen LogP contribution in [0, 0.1) is 6.92 Å². The third kappa shape index (κ3) is 2.52. The van der Waals surface area contributed by atoms with Gasteiger partial charge in [0.25, 0.3) is 0 Å². The summed E-state index contributed by atoms with van der Waals surface area (Å²) in [6, 6.07) is 15.7. The summed E-state index contributed by atoms with van der Waals surface area (Å²) in [6.45, 7) is 2.02. The molecule has 0 heterocycles. The van der Waals surface area contributed by atoms with Gasteiger partial charge in [0.2, 0.25) is 0 Å². The molecule has 16 heavy (non-hydrogen) atoms. The van der Waals surface area contributed by atoms with E-state index >= 15 is 0 Å². The van der Waals surface area contributed by atoms with Crippen molar-refractivity contribution in [2.45, 2.75) is 13.0 Å². The molecule has 2 rings (SSSR count). The Morgan fingerprint density at radius 1 is 1.00 bits per heavy atom. The second-order valence-electron chi connectivity index (χ2n) is 3.87. The molecule has 1 atom stereocenters. The van der Waals surface area contributed by atoms with Crippen LogP contribution in [0.25, 0.3) is 0 Å². The van der Waals surface area contributed by atoms with Gasteiger partial charge in [0.05, 0.1) is 0 Å². The number of halogens is 1. The lowest BCUT2D eigenvalue weighted by Crippen LogP contribution is -1.99. The Balaban J connectivity index is 2.35. The highest BCUT2D eigenvalue weighted by Gasteiger charge is 2.10. The molecule has 82 valence electrons. The smallest absolute Gasteiger partial charge is 0.104 e. The molecule has 0 fully saturated rings. The minimum Gasteiger partial charge on any atom is -0.384 e. The van der Waals surface area contributed by atoms with Crippen LogP contribution in [0.2, 0.25) is 0 Å². The van der Waals surface area contributed by atoms with E-state index in [1.165, 1.54) is 0 Å². The molecule has 0 aliphatic carbocycles.